The molecular formula is C11H15FN2O3S. The zero-order valence-corrected chi connectivity index (χ0v) is 10.6. The number of benzene rings is 1. The summed E-state index contributed by atoms with van der Waals surface area (Å²) in [5.74, 6) is -0.658. The van der Waals surface area contributed by atoms with Gasteiger partial charge in [0.2, 0.25) is 0 Å². The molecule has 0 bridgehead atoms. The number of anilines is 2. The second-order valence-corrected chi connectivity index (χ2v) is 5.01. The van der Waals surface area contributed by atoms with Gasteiger partial charge in [0, 0.05) is 18.2 Å². The van der Waals surface area contributed by atoms with Gasteiger partial charge in [-0.15, -0.1) is 0 Å². The Bertz CT molecular complexity index is 456. The van der Waals surface area contributed by atoms with Crippen molar-refractivity contribution in [2.45, 2.75) is 19.1 Å². The first kappa shape index (κ1) is 14.7. The van der Waals surface area contributed by atoms with Crippen molar-refractivity contribution < 1.29 is 19.4 Å². The molecule has 1 rings (SSSR count). The molecule has 6 N–H and O–H groups in total. The summed E-state index contributed by atoms with van der Waals surface area (Å²) in [5, 5.41) is 19.4. The van der Waals surface area contributed by atoms with Crippen LogP contribution in [0, 0.1) is 5.82 Å². The Balaban J connectivity index is 2.89. The maximum Gasteiger partial charge on any atom is 0.185 e. The van der Waals surface area contributed by atoms with E-state index >= 15 is 0 Å². The third kappa shape index (κ3) is 3.59. The van der Waals surface area contributed by atoms with Crippen LogP contribution in [0.2, 0.25) is 0 Å². The molecule has 0 amide bonds. The summed E-state index contributed by atoms with van der Waals surface area (Å²) in [6, 6.07) is 2.04. The molecule has 0 saturated heterocycles. The normalized spacial score (nSPS) is 14.2. The highest BCUT2D eigenvalue weighted by atomic mass is 32.2. The largest absolute Gasteiger partial charge is 0.397 e. The van der Waals surface area contributed by atoms with Gasteiger partial charge in [-0.3, -0.25) is 4.79 Å². The van der Waals surface area contributed by atoms with E-state index < -0.39 is 18.0 Å². The number of carbonyl (C=O) groups excluding carboxylic acids is 1. The maximum atomic E-state index is 13.2. The van der Waals surface area contributed by atoms with Crippen LogP contribution in [-0.2, 0) is 4.79 Å². The Morgan fingerprint density at radius 2 is 2.06 bits per heavy atom. The van der Waals surface area contributed by atoms with Gasteiger partial charge in [0.05, 0.1) is 17.5 Å². The van der Waals surface area contributed by atoms with Crippen molar-refractivity contribution in [1.29, 1.82) is 0 Å². The van der Waals surface area contributed by atoms with E-state index in [2.05, 4.69) is 0 Å². The molecule has 0 heterocycles. The van der Waals surface area contributed by atoms with Gasteiger partial charge in [-0.05, 0) is 12.1 Å². The molecule has 2 unspecified atom stereocenters. The number of hydrogen-bond acceptors (Lipinski definition) is 6. The number of carbonyl (C=O) groups is 1. The van der Waals surface area contributed by atoms with Gasteiger partial charge in [-0.25, -0.2) is 4.39 Å². The average molecular weight is 274 g/mol. The van der Waals surface area contributed by atoms with Crippen LogP contribution in [0.3, 0.4) is 0 Å². The van der Waals surface area contributed by atoms with Crippen LogP contribution >= 0.6 is 11.8 Å². The number of nitrogens with two attached hydrogens (primary N) is 2. The summed E-state index contributed by atoms with van der Waals surface area (Å²) in [6.07, 6.45) is -2.63. The maximum absolute atomic E-state index is 13.2. The molecular weight excluding hydrogens is 259 g/mol. The summed E-state index contributed by atoms with van der Waals surface area (Å²) in [6.45, 7) is 1.35. The molecule has 100 valence electrons. The van der Waals surface area contributed by atoms with Gasteiger partial charge in [0.25, 0.3) is 0 Å². The molecule has 0 radical (unpaired) electrons. The number of aliphatic hydroxyl groups excluding tert-OH is 2. The Morgan fingerprint density at radius 1 is 1.44 bits per heavy atom. The molecule has 0 spiro atoms. The fourth-order valence-corrected chi connectivity index (χ4v) is 1.99. The second-order valence-electron chi connectivity index (χ2n) is 3.81. The predicted molar refractivity (Wildman–Crippen MR) is 69.3 cm³/mol. The zero-order valence-electron chi connectivity index (χ0n) is 9.76. The third-order valence-corrected chi connectivity index (χ3v) is 3.26. The smallest absolute Gasteiger partial charge is 0.185 e. The standard InChI is InChI=1S/C11H15FN2O3S/c1-5(15)18-4-9(16)11(17)7-2-6(12)3-8(13)10(7)14/h2-3,9,11,16-17H,4,13-14H2,1H3. The Labute approximate surface area is 108 Å². The number of aliphatic hydroxyl groups is 2. The highest BCUT2D eigenvalue weighted by Gasteiger charge is 2.22. The van der Waals surface area contributed by atoms with Crippen molar-refractivity contribution in [1.82, 2.24) is 0 Å². The van der Waals surface area contributed by atoms with E-state index in [-0.39, 0.29) is 27.8 Å². The first-order chi connectivity index (χ1) is 8.32. The van der Waals surface area contributed by atoms with E-state index in [1.165, 1.54) is 6.92 Å². The minimum Gasteiger partial charge on any atom is -0.397 e. The quantitative estimate of drug-likeness (QED) is 0.601. The summed E-state index contributed by atoms with van der Waals surface area (Å²) in [4.78, 5) is 10.7. The number of nitrogen functional groups attached to an aromatic ring is 2. The molecule has 1 aromatic carbocycles. The number of rotatable bonds is 4. The van der Waals surface area contributed by atoms with Crippen LogP contribution < -0.4 is 11.5 Å². The highest BCUT2D eigenvalue weighted by Crippen LogP contribution is 2.30. The first-order valence-electron chi connectivity index (χ1n) is 5.16. The van der Waals surface area contributed by atoms with Crippen molar-refractivity contribution in [2.24, 2.45) is 0 Å². The van der Waals surface area contributed by atoms with E-state index in [1.54, 1.807) is 0 Å². The van der Waals surface area contributed by atoms with E-state index in [0.717, 1.165) is 23.9 Å². The van der Waals surface area contributed by atoms with Crippen LogP contribution in [0.25, 0.3) is 0 Å². The fourth-order valence-electron chi connectivity index (χ4n) is 1.41. The van der Waals surface area contributed by atoms with E-state index in [1.807, 2.05) is 0 Å². The average Bonchev–Trinajstić information content (AvgIpc) is 2.29. The van der Waals surface area contributed by atoms with Gasteiger partial charge < -0.3 is 21.7 Å². The minimum atomic E-state index is -1.39. The molecule has 0 aliphatic rings. The lowest BCUT2D eigenvalue weighted by molar-refractivity contribution is -0.109. The molecule has 0 aromatic heterocycles. The predicted octanol–water partition coefficient (Wildman–Crippen LogP) is 0.664. The molecule has 0 fully saturated rings. The lowest BCUT2D eigenvalue weighted by Gasteiger charge is -2.19. The van der Waals surface area contributed by atoms with Crippen molar-refractivity contribution in [2.75, 3.05) is 17.2 Å². The molecule has 0 aliphatic heterocycles. The van der Waals surface area contributed by atoms with E-state index in [4.69, 9.17) is 11.5 Å². The minimum absolute atomic E-state index is 0.00419. The topological polar surface area (TPSA) is 110 Å². The van der Waals surface area contributed by atoms with Crippen LogP contribution in [0.1, 0.15) is 18.6 Å². The molecule has 0 aliphatic carbocycles. The van der Waals surface area contributed by atoms with E-state index in [0.29, 0.717) is 0 Å². The zero-order chi connectivity index (χ0) is 13.9. The summed E-state index contributed by atoms with van der Waals surface area (Å²) < 4.78 is 13.2. The van der Waals surface area contributed by atoms with Crippen molar-refractivity contribution in [3.8, 4) is 0 Å². The molecule has 18 heavy (non-hydrogen) atoms. The van der Waals surface area contributed by atoms with Gasteiger partial charge >= 0.3 is 0 Å². The Hall–Kier alpha value is -1.31. The number of halogens is 1. The van der Waals surface area contributed by atoms with Gasteiger partial charge in [-0.2, -0.15) is 0 Å². The number of thioether (sulfide) groups is 1. The third-order valence-electron chi connectivity index (χ3n) is 2.35. The van der Waals surface area contributed by atoms with Gasteiger partial charge in [0.15, 0.2) is 5.12 Å². The lowest BCUT2D eigenvalue weighted by atomic mass is 10.0. The van der Waals surface area contributed by atoms with Crippen LogP contribution in [0.5, 0.6) is 0 Å². The van der Waals surface area contributed by atoms with Crippen LogP contribution in [0.4, 0.5) is 15.8 Å². The van der Waals surface area contributed by atoms with Gasteiger partial charge in [0.1, 0.15) is 11.9 Å². The molecule has 1 aromatic rings. The van der Waals surface area contributed by atoms with Crippen LogP contribution in [-0.4, -0.2) is 27.2 Å². The van der Waals surface area contributed by atoms with Crippen molar-refractivity contribution >= 4 is 28.3 Å². The monoisotopic (exact) mass is 274 g/mol. The molecule has 5 nitrogen and oxygen atoms in total. The first-order valence-corrected chi connectivity index (χ1v) is 6.15. The van der Waals surface area contributed by atoms with E-state index in [9.17, 15) is 19.4 Å². The van der Waals surface area contributed by atoms with Crippen molar-refractivity contribution in [3.05, 3.63) is 23.5 Å². The summed E-state index contributed by atoms with van der Waals surface area (Å²) in [5.41, 5.74) is 11.1. The highest BCUT2D eigenvalue weighted by molar-refractivity contribution is 8.13. The molecule has 0 saturated carbocycles. The van der Waals surface area contributed by atoms with Crippen molar-refractivity contribution in [3.63, 3.8) is 0 Å². The van der Waals surface area contributed by atoms with Crippen LogP contribution in [0.15, 0.2) is 12.1 Å². The molecule has 7 heteroatoms. The Kier molecular flexibility index (Phi) is 4.94. The second kappa shape index (κ2) is 6.03. The summed E-state index contributed by atoms with van der Waals surface area (Å²) in [7, 11) is 0. The van der Waals surface area contributed by atoms with Gasteiger partial charge in [-0.1, -0.05) is 11.8 Å². The SMILES string of the molecule is CC(=O)SCC(O)C(O)c1cc(F)cc(N)c1N. The lowest BCUT2D eigenvalue weighted by Crippen LogP contribution is -2.22. The fraction of sp³-hybridized carbons (Fsp3) is 0.364. The number of hydrogen-bond donors (Lipinski definition) is 4. The summed E-state index contributed by atoms with van der Waals surface area (Å²) >= 11 is 0.862. The Morgan fingerprint density at radius 3 is 2.61 bits per heavy atom. The molecule has 2 atom stereocenters.